The van der Waals surface area contributed by atoms with Crippen molar-refractivity contribution in [2.75, 3.05) is 11.5 Å². The predicted octanol–water partition coefficient (Wildman–Crippen LogP) is 3.86. The molecule has 1 aromatic heterocycles. The molecule has 2 aromatic rings. The summed E-state index contributed by atoms with van der Waals surface area (Å²) in [6, 6.07) is 7.42. The molecule has 0 saturated heterocycles. The average Bonchev–Trinajstić information content (AvgIpc) is 2.89. The van der Waals surface area contributed by atoms with Gasteiger partial charge in [-0.25, -0.2) is 4.98 Å². The van der Waals surface area contributed by atoms with Gasteiger partial charge in [0.15, 0.2) is 0 Å². The minimum absolute atomic E-state index is 0.0429. The van der Waals surface area contributed by atoms with Gasteiger partial charge in [0.2, 0.25) is 5.95 Å². The third-order valence-electron chi connectivity index (χ3n) is 4.17. The molecule has 1 aliphatic rings. The van der Waals surface area contributed by atoms with Gasteiger partial charge in [-0.2, -0.15) is 4.98 Å². The highest BCUT2D eigenvalue weighted by molar-refractivity contribution is 6.34. The van der Waals surface area contributed by atoms with Crippen LogP contribution in [0, 0.1) is 5.41 Å². The van der Waals surface area contributed by atoms with E-state index in [4.69, 9.17) is 34.7 Å². The van der Waals surface area contributed by atoms with Crippen LogP contribution >= 0.6 is 23.2 Å². The standard InChI is InChI=1S/C15H16Cl2N4/c1-15(2)12(7-3-8(16)5-9(17)4-7)13(15)10-6-11(18)21-14(19)20-10/h3-6,12-13H,1-2H3,(H4,18,19,20,21). The maximum atomic E-state index is 6.11. The van der Waals surface area contributed by atoms with Crippen molar-refractivity contribution in [2.24, 2.45) is 5.41 Å². The molecule has 1 aromatic carbocycles. The minimum atomic E-state index is 0.0429. The Bertz CT molecular complexity index is 615. The molecule has 1 saturated carbocycles. The van der Waals surface area contributed by atoms with Crippen LogP contribution in [0.5, 0.6) is 0 Å². The molecular formula is C15H16Cl2N4. The van der Waals surface area contributed by atoms with E-state index in [2.05, 4.69) is 23.8 Å². The molecule has 0 aliphatic heterocycles. The lowest BCUT2D eigenvalue weighted by Crippen LogP contribution is -2.03. The van der Waals surface area contributed by atoms with Gasteiger partial charge in [0, 0.05) is 22.0 Å². The van der Waals surface area contributed by atoms with Crippen LogP contribution in [0.3, 0.4) is 0 Å². The maximum absolute atomic E-state index is 6.11. The second-order valence-electron chi connectivity index (χ2n) is 6.06. The molecule has 1 fully saturated rings. The fourth-order valence-electron chi connectivity index (χ4n) is 3.23. The van der Waals surface area contributed by atoms with E-state index < -0.39 is 0 Å². The van der Waals surface area contributed by atoms with Crippen LogP contribution in [0.4, 0.5) is 11.8 Å². The molecule has 4 nitrogen and oxygen atoms in total. The fraction of sp³-hybridized carbons (Fsp3) is 0.333. The number of nitrogens with zero attached hydrogens (tertiary/aromatic N) is 2. The minimum Gasteiger partial charge on any atom is -0.384 e. The summed E-state index contributed by atoms with van der Waals surface area (Å²) < 4.78 is 0. The lowest BCUT2D eigenvalue weighted by atomic mass is 10.0. The van der Waals surface area contributed by atoms with E-state index in [9.17, 15) is 0 Å². The van der Waals surface area contributed by atoms with E-state index in [-0.39, 0.29) is 23.2 Å². The van der Waals surface area contributed by atoms with Gasteiger partial charge < -0.3 is 11.5 Å². The molecule has 1 aliphatic carbocycles. The van der Waals surface area contributed by atoms with Crippen molar-refractivity contribution in [1.29, 1.82) is 0 Å². The quantitative estimate of drug-likeness (QED) is 0.880. The lowest BCUT2D eigenvalue weighted by molar-refractivity contribution is 0.598. The predicted molar refractivity (Wildman–Crippen MR) is 86.6 cm³/mol. The average molecular weight is 323 g/mol. The highest BCUT2D eigenvalue weighted by atomic mass is 35.5. The Kier molecular flexibility index (Phi) is 3.26. The van der Waals surface area contributed by atoms with Gasteiger partial charge >= 0.3 is 0 Å². The first kappa shape index (κ1) is 14.4. The zero-order valence-corrected chi connectivity index (χ0v) is 13.3. The van der Waals surface area contributed by atoms with Crippen LogP contribution in [0.25, 0.3) is 0 Å². The lowest BCUT2D eigenvalue weighted by Gasteiger charge is -2.04. The second-order valence-corrected chi connectivity index (χ2v) is 6.93. The molecule has 0 radical (unpaired) electrons. The number of rotatable bonds is 2. The largest absolute Gasteiger partial charge is 0.384 e. The highest BCUT2D eigenvalue weighted by Gasteiger charge is 2.59. The van der Waals surface area contributed by atoms with E-state index in [1.807, 2.05) is 12.1 Å². The molecule has 6 heteroatoms. The Balaban J connectivity index is 2.01. The fourth-order valence-corrected chi connectivity index (χ4v) is 3.77. The number of nitrogen functional groups attached to an aromatic ring is 2. The summed E-state index contributed by atoms with van der Waals surface area (Å²) in [5, 5.41) is 1.28. The number of nitrogens with two attached hydrogens (primary N) is 2. The Morgan fingerprint density at radius 1 is 0.952 bits per heavy atom. The van der Waals surface area contributed by atoms with Crippen LogP contribution < -0.4 is 11.5 Å². The van der Waals surface area contributed by atoms with Crippen molar-refractivity contribution in [3.63, 3.8) is 0 Å². The van der Waals surface area contributed by atoms with Gasteiger partial charge in [-0.3, -0.25) is 0 Å². The molecule has 2 atom stereocenters. The Hall–Kier alpha value is -1.52. The number of anilines is 2. The molecule has 3 rings (SSSR count). The van der Waals surface area contributed by atoms with Crippen molar-refractivity contribution in [2.45, 2.75) is 25.7 Å². The first-order valence-electron chi connectivity index (χ1n) is 6.65. The van der Waals surface area contributed by atoms with Crippen molar-refractivity contribution in [1.82, 2.24) is 9.97 Å². The number of aromatic nitrogens is 2. The van der Waals surface area contributed by atoms with E-state index in [1.165, 1.54) is 0 Å². The Labute approximate surface area is 133 Å². The van der Waals surface area contributed by atoms with Crippen molar-refractivity contribution in [3.05, 3.63) is 45.6 Å². The second kappa shape index (κ2) is 4.75. The smallest absolute Gasteiger partial charge is 0.222 e. The Morgan fingerprint density at radius 3 is 2.14 bits per heavy atom. The van der Waals surface area contributed by atoms with Gasteiger partial charge in [0.25, 0.3) is 0 Å². The summed E-state index contributed by atoms with van der Waals surface area (Å²) in [6.45, 7) is 4.37. The third kappa shape index (κ3) is 2.54. The van der Waals surface area contributed by atoms with E-state index in [0.717, 1.165) is 11.3 Å². The molecule has 0 spiro atoms. The zero-order valence-electron chi connectivity index (χ0n) is 11.8. The first-order chi connectivity index (χ1) is 9.79. The van der Waals surface area contributed by atoms with E-state index >= 15 is 0 Å². The van der Waals surface area contributed by atoms with Crippen LogP contribution in [0.1, 0.15) is 36.9 Å². The normalized spacial score (nSPS) is 23.0. The third-order valence-corrected chi connectivity index (χ3v) is 4.61. The number of halogens is 2. The van der Waals surface area contributed by atoms with Crippen LogP contribution in [0.15, 0.2) is 24.3 Å². The summed E-state index contributed by atoms with van der Waals surface area (Å²) in [7, 11) is 0. The summed E-state index contributed by atoms with van der Waals surface area (Å²) in [5.41, 5.74) is 13.5. The zero-order chi connectivity index (χ0) is 15.4. The van der Waals surface area contributed by atoms with Crippen molar-refractivity contribution < 1.29 is 0 Å². The number of benzene rings is 1. The topological polar surface area (TPSA) is 77.8 Å². The monoisotopic (exact) mass is 322 g/mol. The molecule has 1 heterocycles. The number of hydrogen-bond donors (Lipinski definition) is 2. The van der Waals surface area contributed by atoms with Gasteiger partial charge in [0.05, 0.1) is 5.69 Å². The van der Waals surface area contributed by atoms with Crippen molar-refractivity contribution >= 4 is 35.0 Å². The van der Waals surface area contributed by atoms with Gasteiger partial charge in [-0.1, -0.05) is 37.0 Å². The molecule has 4 N–H and O–H groups in total. The summed E-state index contributed by atoms with van der Waals surface area (Å²) >= 11 is 12.2. The van der Waals surface area contributed by atoms with Gasteiger partial charge in [-0.05, 0) is 35.1 Å². The van der Waals surface area contributed by atoms with Crippen molar-refractivity contribution in [3.8, 4) is 0 Å². The summed E-state index contributed by atoms with van der Waals surface area (Å²) in [4.78, 5) is 8.25. The van der Waals surface area contributed by atoms with E-state index in [0.29, 0.717) is 15.9 Å². The molecule has 0 bridgehead atoms. The molecular weight excluding hydrogens is 307 g/mol. The maximum Gasteiger partial charge on any atom is 0.222 e. The molecule has 110 valence electrons. The van der Waals surface area contributed by atoms with Crippen LogP contribution in [-0.2, 0) is 0 Å². The summed E-state index contributed by atoms with van der Waals surface area (Å²) in [6.07, 6.45) is 0. The van der Waals surface area contributed by atoms with E-state index in [1.54, 1.807) is 12.1 Å². The molecule has 0 amide bonds. The SMILES string of the molecule is CC1(C)C(c2cc(Cl)cc(Cl)c2)C1c1cc(N)nc(N)n1. The highest BCUT2D eigenvalue weighted by Crippen LogP contribution is 2.69. The van der Waals surface area contributed by atoms with Gasteiger partial charge in [-0.15, -0.1) is 0 Å². The van der Waals surface area contributed by atoms with Crippen LogP contribution in [0.2, 0.25) is 10.0 Å². The first-order valence-corrected chi connectivity index (χ1v) is 7.40. The van der Waals surface area contributed by atoms with Gasteiger partial charge in [0.1, 0.15) is 5.82 Å². The Morgan fingerprint density at radius 2 is 1.57 bits per heavy atom. The summed E-state index contributed by atoms with van der Waals surface area (Å²) in [5.74, 6) is 1.10. The molecule has 2 unspecified atom stereocenters. The molecule has 21 heavy (non-hydrogen) atoms. The van der Waals surface area contributed by atoms with Crippen LogP contribution in [-0.4, -0.2) is 9.97 Å². The number of hydrogen-bond acceptors (Lipinski definition) is 4.